The average Bonchev–Trinajstić information content (AvgIpc) is 2.85. The Bertz CT molecular complexity index is 391. The number of anilines is 1. The van der Waals surface area contributed by atoms with E-state index in [9.17, 15) is 0 Å². The molecule has 7 heteroatoms. The fourth-order valence-electron chi connectivity index (χ4n) is 1.26. The highest BCUT2D eigenvalue weighted by atomic mass is 15.6. The molecule has 0 aliphatic carbocycles. The van der Waals surface area contributed by atoms with Gasteiger partial charge >= 0.3 is 0 Å². The first kappa shape index (κ1) is 9.63. The van der Waals surface area contributed by atoms with Crippen molar-refractivity contribution in [3.8, 4) is 0 Å². The van der Waals surface area contributed by atoms with Crippen LogP contribution in [-0.2, 0) is 13.6 Å². The number of aryl methyl sites for hydroxylation is 2. The molecule has 0 fully saturated rings. The molecule has 2 rings (SSSR count). The fourth-order valence-corrected chi connectivity index (χ4v) is 1.26. The Kier molecular flexibility index (Phi) is 2.91. The van der Waals surface area contributed by atoms with Crippen LogP contribution in [0.4, 0.5) is 5.95 Å². The predicted octanol–water partition coefficient (Wildman–Crippen LogP) is -0.0912. The Balaban J connectivity index is 1.70. The maximum atomic E-state index is 3.97. The Morgan fingerprint density at radius 2 is 2.40 bits per heavy atom. The zero-order valence-corrected chi connectivity index (χ0v) is 8.54. The van der Waals surface area contributed by atoms with Crippen molar-refractivity contribution in [1.29, 1.82) is 0 Å². The van der Waals surface area contributed by atoms with Crippen molar-refractivity contribution in [1.82, 2.24) is 29.8 Å². The van der Waals surface area contributed by atoms with E-state index >= 15 is 0 Å². The van der Waals surface area contributed by atoms with Crippen LogP contribution in [0.2, 0.25) is 0 Å². The molecule has 2 aromatic rings. The first-order valence-electron chi connectivity index (χ1n) is 4.78. The zero-order valence-electron chi connectivity index (χ0n) is 8.54. The number of imidazole rings is 1. The minimum Gasteiger partial charge on any atom is -0.353 e. The van der Waals surface area contributed by atoms with Crippen molar-refractivity contribution in [2.24, 2.45) is 7.05 Å². The van der Waals surface area contributed by atoms with Gasteiger partial charge in [0.15, 0.2) is 0 Å². The Morgan fingerprint density at radius 1 is 1.47 bits per heavy atom. The van der Waals surface area contributed by atoms with E-state index in [0.717, 1.165) is 19.5 Å². The SMILES string of the molecule is Cn1nnnc1NCCCn1ccnc1. The van der Waals surface area contributed by atoms with Gasteiger partial charge in [0.1, 0.15) is 0 Å². The molecule has 0 amide bonds. The van der Waals surface area contributed by atoms with E-state index in [-0.39, 0.29) is 0 Å². The summed E-state index contributed by atoms with van der Waals surface area (Å²) in [6.45, 7) is 1.78. The van der Waals surface area contributed by atoms with Gasteiger partial charge in [0.2, 0.25) is 5.95 Å². The van der Waals surface area contributed by atoms with Crippen LogP contribution in [0.25, 0.3) is 0 Å². The van der Waals surface area contributed by atoms with Gasteiger partial charge in [0, 0.05) is 32.5 Å². The molecule has 15 heavy (non-hydrogen) atoms. The van der Waals surface area contributed by atoms with Crippen molar-refractivity contribution in [2.75, 3.05) is 11.9 Å². The number of nitrogens with zero attached hydrogens (tertiary/aromatic N) is 6. The summed E-state index contributed by atoms with van der Waals surface area (Å²) in [5.41, 5.74) is 0. The van der Waals surface area contributed by atoms with Gasteiger partial charge < -0.3 is 9.88 Å². The van der Waals surface area contributed by atoms with Crippen LogP contribution in [0, 0.1) is 0 Å². The van der Waals surface area contributed by atoms with E-state index in [2.05, 4.69) is 25.8 Å². The van der Waals surface area contributed by atoms with Crippen LogP contribution in [0.5, 0.6) is 0 Å². The number of tetrazole rings is 1. The van der Waals surface area contributed by atoms with Gasteiger partial charge in [-0.3, -0.25) is 0 Å². The van der Waals surface area contributed by atoms with E-state index in [0.29, 0.717) is 5.95 Å². The number of hydrogen-bond acceptors (Lipinski definition) is 5. The lowest BCUT2D eigenvalue weighted by atomic mass is 10.4. The van der Waals surface area contributed by atoms with Crippen LogP contribution in [0.15, 0.2) is 18.7 Å². The highest BCUT2D eigenvalue weighted by Crippen LogP contribution is 1.96. The summed E-state index contributed by atoms with van der Waals surface area (Å²) in [4.78, 5) is 3.97. The predicted molar refractivity (Wildman–Crippen MR) is 54.1 cm³/mol. The van der Waals surface area contributed by atoms with Gasteiger partial charge in [0.25, 0.3) is 0 Å². The van der Waals surface area contributed by atoms with Crippen molar-refractivity contribution in [3.05, 3.63) is 18.7 Å². The average molecular weight is 207 g/mol. The molecule has 80 valence electrons. The lowest BCUT2D eigenvalue weighted by Gasteiger charge is -2.04. The third-order valence-corrected chi connectivity index (χ3v) is 2.06. The Hall–Kier alpha value is -1.92. The van der Waals surface area contributed by atoms with Crippen molar-refractivity contribution < 1.29 is 0 Å². The van der Waals surface area contributed by atoms with Crippen molar-refractivity contribution in [3.63, 3.8) is 0 Å². The van der Waals surface area contributed by atoms with Gasteiger partial charge in [-0.25, -0.2) is 9.67 Å². The molecule has 2 aromatic heterocycles. The minimum absolute atomic E-state index is 0.695. The first-order chi connectivity index (χ1) is 7.36. The standard InChI is InChI=1S/C8H13N7/c1-14-8(11-12-13-14)10-3-2-5-15-6-4-9-7-15/h4,6-7H,2-3,5H2,1H3,(H,10,11,13). The quantitative estimate of drug-likeness (QED) is 0.693. The van der Waals surface area contributed by atoms with Gasteiger partial charge in [0.05, 0.1) is 6.33 Å². The van der Waals surface area contributed by atoms with Gasteiger partial charge in [-0.05, 0) is 16.8 Å². The van der Waals surface area contributed by atoms with Gasteiger partial charge in [-0.2, -0.15) is 0 Å². The lowest BCUT2D eigenvalue weighted by molar-refractivity contribution is 0.654. The number of rotatable bonds is 5. The normalized spacial score (nSPS) is 10.5. The van der Waals surface area contributed by atoms with Gasteiger partial charge in [-0.1, -0.05) is 5.10 Å². The summed E-state index contributed by atoms with van der Waals surface area (Å²) in [7, 11) is 1.80. The van der Waals surface area contributed by atoms with Crippen LogP contribution >= 0.6 is 0 Å². The van der Waals surface area contributed by atoms with E-state index < -0.39 is 0 Å². The molecule has 0 saturated heterocycles. The summed E-state index contributed by atoms with van der Waals surface area (Å²) in [5.74, 6) is 0.695. The number of nitrogens with one attached hydrogen (secondary N) is 1. The van der Waals surface area contributed by atoms with Crippen LogP contribution < -0.4 is 5.32 Å². The molecule has 0 unspecified atom stereocenters. The molecule has 0 radical (unpaired) electrons. The third-order valence-electron chi connectivity index (χ3n) is 2.06. The molecule has 0 spiro atoms. The molecule has 0 saturated carbocycles. The number of aromatic nitrogens is 6. The second-order valence-corrected chi connectivity index (χ2v) is 3.21. The van der Waals surface area contributed by atoms with Gasteiger partial charge in [-0.15, -0.1) is 0 Å². The molecular formula is C8H13N7. The monoisotopic (exact) mass is 207 g/mol. The topological polar surface area (TPSA) is 73.5 Å². The third kappa shape index (κ3) is 2.52. The van der Waals surface area contributed by atoms with Crippen LogP contribution in [0.1, 0.15) is 6.42 Å². The summed E-state index contributed by atoms with van der Waals surface area (Å²) in [6, 6.07) is 0. The molecule has 0 bridgehead atoms. The van der Waals surface area contributed by atoms with E-state index in [1.807, 2.05) is 17.1 Å². The largest absolute Gasteiger partial charge is 0.353 e. The maximum absolute atomic E-state index is 3.97. The summed E-state index contributed by atoms with van der Waals surface area (Å²) < 4.78 is 3.65. The maximum Gasteiger partial charge on any atom is 0.242 e. The summed E-state index contributed by atoms with van der Waals surface area (Å²) >= 11 is 0. The zero-order chi connectivity index (χ0) is 10.5. The Labute approximate surface area is 87.1 Å². The molecular weight excluding hydrogens is 194 g/mol. The summed E-state index contributed by atoms with van der Waals surface area (Å²) in [5, 5.41) is 14.2. The van der Waals surface area contributed by atoms with Crippen LogP contribution in [0.3, 0.4) is 0 Å². The van der Waals surface area contributed by atoms with Crippen molar-refractivity contribution in [2.45, 2.75) is 13.0 Å². The van der Waals surface area contributed by atoms with E-state index in [1.54, 1.807) is 17.9 Å². The second-order valence-electron chi connectivity index (χ2n) is 3.21. The van der Waals surface area contributed by atoms with Crippen molar-refractivity contribution >= 4 is 5.95 Å². The molecule has 1 N–H and O–H groups in total. The molecule has 0 aliphatic rings. The highest BCUT2D eigenvalue weighted by molar-refractivity contribution is 5.20. The first-order valence-corrected chi connectivity index (χ1v) is 4.78. The summed E-state index contributed by atoms with van der Waals surface area (Å²) in [6.07, 6.45) is 6.54. The minimum atomic E-state index is 0.695. The fraction of sp³-hybridized carbons (Fsp3) is 0.500. The molecule has 0 aromatic carbocycles. The molecule has 7 nitrogen and oxygen atoms in total. The van der Waals surface area contributed by atoms with E-state index in [1.165, 1.54) is 0 Å². The molecule has 2 heterocycles. The highest BCUT2D eigenvalue weighted by Gasteiger charge is 1.99. The smallest absolute Gasteiger partial charge is 0.242 e. The Morgan fingerprint density at radius 3 is 3.07 bits per heavy atom. The van der Waals surface area contributed by atoms with E-state index in [4.69, 9.17) is 0 Å². The molecule has 0 aliphatic heterocycles. The second kappa shape index (κ2) is 4.54. The van der Waals surface area contributed by atoms with Crippen LogP contribution in [-0.4, -0.2) is 36.3 Å². The lowest BCUT2D eigenvalue weighted by Crippen LogP contribution is -2.09. The number of hydrogen-bond donors (Lipinski definition) is 1. The molecule has 0 atom stereocenters.